The van der Waals surface area contributed by atoms with E-state index in [9.17, 15) is 9.59 Å². The quantitative estimate of drug-likeness (QED) is 0.387. The van der Waals surface area contributed by atoms with Crippen LogP contribution in [0.25, 0.3) is 45.0 Å². The Kier molecular flexibility index (Phi) is 5.54. The van der Waals surface area contributed by atoms with Crippen LogP contribution in [0.1, 0.15) is 16.8 Å². The van der Waals surface area contributed by atoms with Crippen molar-refractivity contribution >= 4 is 45.0 Å². The second kappa shape index (κ2) is 9.16. The molecule has 6 aromatic rings. The third-order valence-electron chi connectivity index (χ3n) is 6.26. The summed E-state index contributed by atoms with van der Waals surface area (Å²) in [6, 6.07) is 24.6. The number of methoxy groups -OCH3 is 1. The first kappa shape index (κ1) is 22.4. The number of para-hydroxylation sites is 1. The fourth-order valence-electron chi connectivity index (χ4n) is 4.34. The van der Waals surface area contributed by atoms with E-state index in [1.807, 2.05) is 78.9 Å². The summed E-state index contributed by atoms with van der Waals surface area (Å²) >= 11 is 0. The number of fused-ring (bicyclic) bond motifs is 3. The number of nitrogens with one attached hydrogen (secondary N) is 1. The third-order valence-corrected chi connectivity index (χ3v) is 6.26. The second-order valence-corrected chi connectivity index (χ2v) is 8.64. The summed E-state index contributed by atoms with van der Waals surface area (Å²) in [5.74, 6) is 0.729. The molecule has 0 aliphatic carbocycles. The van der Waals surface area contributed by atoms with Crippen LogP contribution in [0, 0.1) is 0 Å². The molecule has 37 heavy (non-hydrogen) atoms. The Morgan fingerprint density at radius 2 is 1.78 bits per heavy atom. The van der Waals surface area contributed by atoms with Crippen LogP contribution in [0.3, 0.4) is 0 Å². The van der Waals surface area contributed by atoms with Gasteiger partial charge in [0.15, 0.2) is 5.52 Å². The van der Waals surface area contributed by atoms with Gasteiger partial charge in [-0.2, -0.15) is 0 Å². The van der Waals surface area contributed by atoms with Crippen molar-refractivity contribution in [1.29, 1.82) is 0 Å². The van der Waals surface area contributed by atoms with Crippen LogP contribution in [0.4, 0.5) is 0 Å². The molecule has 0 aliphatic heterocycles. The average molecular weight is 488 g/mol. The molecule has 0 unspecified atom stereocenters. The lowest BCUT2D eigenvalue weighted by Crippen LogP contribution is -2.10. The smallest absolute Gasteiger partial charge is 0.278 e. The van der Waals surface area contributed by atoms with Gasteiger partial charge in [0.05, 0.1) is 30.4 Å². The van der Waals surface area contributed by atoms with E-state index in [2.05, 4.69) is 20.3 Å². The molecule has 0 bridgehead atoms. The van der Waals surface area contributed by atoms with Gasteiger partial charge in [0, 0.05) is 10.8 Å². The Bertz CT molecular complexity index is 1940. The van der Waals surface area contributed by atoms with Crippen molar-refractivity contribution in [3.8, 4) is 5.75 Å². The van der Waals surface area contributed by atoms with Gasteiger partial charge in [0.25, 0.3) is 5.56 Å². The molecule has 8 nitrogen and oxygen atoms in total. The lowest BCUT2D eigenvalue weighted by atomic mass is 10.1. The molecule has 8 heteroatoms. The average Bonchev–Trinajstić information content (AvgIpc) is 3.31. The topological polar surface area (TPSA) is 103 Å². The number of hydrogen-bond donors (Lipinski definition) is 1. The van der Waals surface area contributed by atoms with Crippen molar-refractivity contribution in [3.63, 3.8) is 0 Å². The molecule has 6 rings (SSSR count). The number of nitrogens with zero attached hydrogens (tertiary/aromatic N) is 4. The zero-order chi connectivity index (χ0) is 25.4. The predicted octanol–water partition coefficient (Wildman–Crippen LogP) is 4.41. The monoisotopic (exact) mass is 487 g/mol. The Balaban J connectivity index is 1.40. The standard InChI is InChI=1S/C29H21N5O3/c1-37-22-13-7-19(8-14-22)17-34-27-26(32-33-34)29(36)31-25-16-18(9-15-23(25)28(27)35)6-11-21-12-10-20-4-2-3-5-24(20)30-21/h2-16H,17H2,1H3,(H,31,36). The molecule has 3 aromatic heterocycles. The highest BCUT2D eigenvalue weighted by Gasteiger charge is 2.14. The molecule has 0 fully saturated rings. The highest BCUT2D eigenvalue weighted by atomic mass is 16.5. The number of hydrogen-bond acceptors (Lipinski definition) is 6. The number of benzene rings is 3. The first-order valence-corrected chi connectivity index (χ1v) is 11.7. The molecule has 1 N–H and O–H groups in total. The SMILES string of the molecule is COc1ccc(Cn2nnc3c(=O)[nH]c4cc(C=Cc5ccc6ccccc6n5)ccc4c(=O)c32)cc1. The van der Waals surface area contributed by atoms with Crippen LogP contribution in [-0.4, -0.2) is 32.1 Å². The molecule has 0 saturated carbocycles. The maximum absolute atomic E-state index is 13.5. The summed E-state index contributed by atoms with van der Waals surface area (Å²) < 4.78 is 6.67. The van der Waals surface area contributed by atoms with E-state index in [-0.39, 0.29) is 16.5 Å². The highest BCUT2D eigenvalue weighted by Crippen LogP contribution is 2.17. The Labute approximate surface area is 210 Å². The van der Waals surface area contributed by atoms with Crippen molar-refractivity contribution in [3.05, 3.63) is 116 Å². The molecule has 3 heterocycles. The van der Waals surface area contributed by atoms with Crippen LogP contribution in [0.5, 0.6) is 5.75 Å². The van der Waals surface area contributed by atoms with Gasteiger partial charge >= 0.3 is 0 Å². The zero-order valence-electron chi connectivity index (χ0n) is 19.9. The normalized spacial score (nSPS) is 11.6. The minimum absolute atomic E-state index is 0.00664. The number of rotatable bonds is 5. The van der Waals surface area contributed by atoms with E-state index in [1.165, 1.54) is 4.68 Å². The van der Waals surface area contributed by atoms with Gasteiger partial charge in [0.2, 0.25) is 5.43 Å². The van der Waals surface area contributed by atoms with Gasteiger partial charge in [-0.25, -0.2) is 9.67 Å². The van der Waals surface area contributed by atoms with Gasteiger partial charge in [0.1, 0.15) is 11.3 Å². The molecular formula is C29H21N5O3. The van der Waals surface area contributed by atoms with Gasteiger partial charge in [-0.15, -0.1) is 5.10 Å². The minimum Gasteiger partial charge on any atom is -0.497 e. The van der Waals surface area contributed by atoms with E-state index in [4.69, 9.17) is 4.74 Å². The lowest BCUT2D eigenvalue weighted by Gasteiger charge is -2.04. The molecule has 0 saturated heterocycles. The molecule has 0 atom stereocenters. The summed E-state index contributed by atoms with van der Waals surface area (Å²) in [4.78, 5) is 34.0. The first-order valence-electron chi connectivity index (χ1n) is 11.7. The predicted molar refractivity (Wildman–Crippen MR) is 145 cm³/mol. The first-order chi connectivity index (χ1) is 18.1. The molecule has 0 spiro atoms. The van der Waals surface area contributed by atoms with Crippen LogP contribution < -0.4 is 15.7 Å². The summed E-state index contributed by atoms with van der Waals surface area (Å²) in [5.41, 5.74) is 3.26. The Morgan fingerprint density at radius 1 is 0.946 bits per heavy atom. The molecule has 0 radical (unpaired) electrons. The fourth-order valence-corrected chi connectivity index (χ4v) is 4.34. The van der Waals surface area contributed by atoms with Crippen LogP contribution in [-0.2, 0) is 6.54 Å². The maximum Gasteiger partial charge on any atom is 0.278 e. The van der Waals surface area contributed by atoms with Crippen molar-refractivity contribution in [2.75, 3.05) is 7.11 Å². The summed E-state index contributed by atoms with van der Waals surface area (Å²) in [6.45, 7) is 0.292. The number of H-pyrrole nitrogens is 1. The summed E-state index contributed by atoms with van der Waals surface area (Å²) in [6.07, 6.45) is 3.80. The van der Waals surface area contributed by atoms with Crippen molar-refractivity contribution in [2.24, 2.45) is 0 Å². The van der Waals surface area contributed by atoms with Crippen LogP contribution in [0.15, 0.2) is 88.5 Å². The fraction of sp³-hybridized carbons (Fsp3) is 0.0690. The van der Waals surface area contributed by atoms with E-state index >= 15 is 0 Å². The maximum atomic E-state index is 13.5. The highest BCUT2D eigenvalue weighted by molar-refractivity contribution is 5.89. The Morgan fingerprint density at radius 3 is 2.62 bits per heavy atom. The zero-order valence-corrected chi connectivity index (χ0v) is 19.9. The number of aromatic nitrogens is 5. The molecule has 0 amide bonds. The number of pyridine rings is 1. The van der Waals surface area contributed by atoms with E-state index in [0.717, 1.165) is 33.5 Å². The summed E-state index contributed by atoms with van der Waals surface area (Å²) in [5, 5.41) is 9.56. The lowest BCUT2D eigenvalue weighted by molar-refractivity contribution is 0.414. The number of aromatic amines is 1. The van der Waals surface area contributed by atoms with Crippen molar-refractivity contribution < 1.29 is 4.74 Å². The van der Waals surface area contributed by atoms with Gasteiger partial charge in [-0.05, 0) is 53.6 Å². The van der Waals surface area contributed by atoms with Gasteiger partial charge < -0.3 is 9.72 Å². The molecule has 3 aromatic carbocycles. The third kappa shape index (κ3) is 4.25. The molecule has 180 valence electrons. The van der Waals surface area contributed by atoms with Crippen LogP contribution in [0.2, 0.25) is 0 Å². The van der Waals surface area contributed by atoms with E-state index < -0.39 is 5.56 Å². The van der Waals surface area contributed by atoms with Crippen LogP contribution >= 0.6 is 0 Å². The molecule has 0 aliphatic rings. The van der Waals surface area contributed by atoms with Crippen molar-refractivity contribution in [2.45, 2.75) is 6.54 Å². The van der Waals surface area contributed by atoms with Gasteiger partial charge in [-0.1, -0.05) is 53.8 Å². The number of ether oxygens (including phenoxy) is 1. The minimum atomic E-state index is -0.472. The Hall–Kier alpha value is -5.11. The second-order valence-electron chi connectivity index (χ2n) is 8.64. The molecular weight excluding hydrogens is 466 g/mol. The largest absolute Gasteiger partial charge is 0.497 e. The van der Waals surface area contributed by atoms with E-state index in [0.29, 0.717) is 17.4 Å². The van der Waals surface area contributed by atoms with Gasteiger partial charge in [-0.3, -0.25) is 9.59 Å². The van der Waals surface area contributed by atoms with E-state index in [1.54, 1.807) is 19.2 Å². The van der Waals surface area contributed by atoms with Crippen molar-refractivity contribution in [1.82, 2.24) is 25.0 Å². The summed E-state index contributed by atoms with van der Waals surface area (Å²) in [7, 11) is 1.60.